The molecule has 0 saturated carbocycles. The number of rotatable bonds is 4. The first-order chi connectivity index (χ1) is 13.5. The van der Waals surface area contributed by atoms with E-state index in [-0.39, 0.29) is 6.04 Å². The van der Waals surface area contributed by atoms with Crippen LogP contribution < -0.4 is 4.90 Å². The number of hydrogen-bond donors (Lipinski definition) is 0. The lowest BCUT2D eigenvalue weighted by Gasteiger charge is -2.30. The smallest absolute Gasteiger partial charge is 0.243 e. The highest BCUT2D eigenvalue weighted by molar-refractivity contribution is 7.89. The minimum Gasteiger partial charge on any atom is -0.378 e. The second-order valence-electron chi connectivity index (χ2n) is 7.60. The zero-order valence-electron chi connectivity index (χ0n) is 16.5. The normalized spacial score (nSPS) is 21.2. The first kappa shape index (κ1) is 19.4. The standard InChI is InChI=1S/C21H27N3O3S/c1-16-5-7-19(8-6-16)28(25,26)24-9-3-4-20(24)18-14-17(2)21(22-15-18)23-10-12-27-13-11-23/h5-8,14-15,20H,3-4,9-13H2,1-2H3/t20-/m0/s1. The van der Waals surface area contributed by atoms with Crippen molar-refractivity contribution >= 4 is 15.8 Å². The van der Waals surface area contributed by atoms with Crippen LogP contribution >= 0.6 is 0 Å². The number of nitrogens with zero attached hydrogens (tertiary/aromatic N) is 3. The van der Waals surface area contributed by atoms with E-state index in [0.717, 1.165) is 48.4 Å². The fourth-order valence-corrected chi connectivity index (χ4v) is 5.77. The fourth-order valence-electron chi connectivity index (χ4n) is 4.08. The molecule has 3 heterocycles. The lowest BCUT2D eigenvalue weighted by molar-refractivity contribution is 0.122. The third kappa shape index (κ3) is 3.66. The molecule has 7 heteroatoms. The first-order valence-electron chi connectivity index (χ1n) is 9.84. The van der Waals surface area contributed by atoms with E-state index in [1.165, 1.54) is 0 Å². The molecule has 0 aliphatic carbocycles. The van der Waals surface area contributed by atoms with E-state index in [2.05, 4.69) is 17.9 Å². The average molecular weight is 402 g/mol. The third-order valence-corrected chi connectivity index (χ3v) is 7.52. The van der Waals surface area contributed by atoms with Crippen molar-refractivity contribution in [3.05, 3.63) is 53.2 Å². The summed E-state index contributed by atoms with van der Waals surface area (Å²) in [6, 6.07) is 9.04. The number of anilines is 1. The van der Waals surface area contributed by atoms with Crippen LogP contribution in [0.1, 0.15) is 35.6 Å². The summed E-state index contributed by atoms with van der Waals surface area (Å²) in [6.07, 6.45) is 3.54. The Morgan fingerprint density at radius 3 is 2.46 bits per heavy atom. The lowest BCUT2D eigenvalue weighted by Crippen LogP contribution is -2.37. The average Bonchev–Trinajstić information content (AvgIpc) is 3.20. The van der Waals surface area contributed by atoms with Crippen LogP contribution in [-0.4, -0.2) is 50.6 Å². The van der Waals surface area contributed by atoms with Crippen LogP contribution in [0.15, 0.2) is 41.4 Å². The Bertz CT molecular complexity index is 938. The van der Waals surface area contributed by atoms with Crippen LogP contribution in [0.2, 0.25) is 0 Å². The molecule has 2 fully saturated rings. The quantitative estimate of drug-likeness (QED) is 0.788. The van der Waals surface area contributed by atoms with Crippen LogP contribution in [0, 0.1) is 13.8 Å². The number of hydrogen-bond acceptors (Lipinski definition) is 5. The molecule has 2 aliphatic heterocycles. The van der Waals surface area contributed by atoms with Crippen LogP contribution in [-0.2, 0) is 14.8 Å². The summed E-state index contributed by atoms with van der Waals surface area (Å²) in [7, 11) is -3.52. The van der Waals surface area contributed by atoms with E-state index in [0.29, 0.717) is 24.7 Å². The minimum atomic E-state index is -3.52. The molecule has 4 rings (SSSR count). The van der Waals surface area contributed by atoms with Gasteiger partial charge < -0.3 is 9.64 Å². The Hall–Kier alpha value is -1.96. The first-order valence-corrected chi connectivity index (χ1v) is 11.3. The van der Waals surface area contributed by atoms with E-state index in [4.69, 9.17) is 9.72 Å². The molecule has 0 radical (unpaired) electrons. The molecular weight excluding hydrogens is 374 g/mol. The molecule has 1 aromatic carbocycles. The van der Waals surface area contributed by atoms with Gasteiger partial charge in [0, 0.05) is 25.8 Å². The van der Waals surface area contributed by atoms with Gasteiger partial charge in [-0.05, 0) is 56.0 Å². The van der Waals surface area contributed by atoms with Crippen molar-refractivity contribution in [1.82, 2.24) is 9.29 Å². The van der Waals surface area contributed by atoms with Crippen molar-refractivity contribution < 1.29 is 13.2 Å². The Morgan fingerprint density at radius 1 is 1.07 bits per heavy atom. The van der Waals surface area contributed by atoms with Gasteiger partial charge in [0.1, 0.15) is 5.82 Å². The largest absolute Gasteiger partial charge is 0.378 e. The molecule has 0 unspecified atom stereocenters. The van der Waals surface area contributed by atoms with Crippen LogP contribution in [0.4, 0.5) is 5.82 Å². The topological polar surface area (TPSA) is 62.7 Å². The maximum Gasteiger partial charge on any atom is 0.243 e. The zero-order valence-corrected chi connectivity index (χ0v) is 17.3. The Labute approximate surface area is 167 Å². The Balaban J connectivity index is 1.61. The number of pyridine rings is 1. The Morgan fingerprint density at radius 2 is 1.79 bits per heavy atom. The van der Waals surface area contributed by atoms with Crippen molar-refractivity contribution in [1.29, 1.82) is 0 Å². The van der Waals surface area contributed by atoms with Gasteiger partial charge in [-0.15, -0.1) is 0 Å². The molecule has 0 spiro atoms. The summed E-state index contributed by atoms with van der Waals surface area (Å²) in [5.74, 6) is 0.970. The maximum absolute atomic E-state index is 13.2. The molecule has 0 amide bonds. The number of aryl methyl sites for hydroxylation is 2. The van der Waals surface area contributed by atoms with E-state index in [1.54, 1.807) is 16.4 Å². The van der Waals surface area contributed by atoms with Crippen molar-refractivity contribution in [3.63, 3.8) is 0 Å². The van der Waals surface area contributed by atoms with Crippen molar-refractivity contribution in [2.75, 3.05) is 37.7 Å². The highest BCUT2D eigenvalue weighted by Gasteiger charge is 2.36. The number of morpholine rings is 1. The number of aromatic nitrogens is 1. The summed E-state index contributed by atoms with van der Waals surface area (Å²) in [4.78, 5) is 7.29. The van der Waals surface area contributed by atoms with Crippen molar-refractivity contribution in [3.8, 4) is 0 Å². The van der Waals surface area contributed by atoms with Crippen LogP contribution in [0.25, 0.3) is 0 Å². The van der Waals surface area contributed by atoms with Gasteiger partial charge in [-0.25, -0.2) is 13.4 Å². The molecule has 1 atom stereocenters. The highest BCUT2D eigenvalue weighted by atomic mass is 32.2. The molecule has 150 valence electrons. The van der Waals surface area contributed by atoms with E-state index in [1.807, 2.05) is 25.3 Å². The summed E-state index contributed by atoms with van der Waals surface area (Å²) in [5, 5.41) is 0. The second kappa shape index (κ2) is 7.81. The monoisotopic (exact) mass is 401 g/mol. The van der Waals surface area contributed by atoms with Gasteiger partial charge in [-0.2, -0.15) is 4.31 Å². The Kier molecular flexibility index (Phi) is 5.40. The van der Waals surface area contributed by atoms with Gasteiger partial charge in [0.05, 0.1) is 24.2 Å². The van der Waals surface area contributed by atoms with E-state index < -0.39 is 10.0 Å². The molecule has 2 saturated heterocycles. The highest BCUT2D eigenvalue weighted by Crippen LogP contribution is 2.37. The molecule has 0 bridgehead atoms. The molecule has 6 nitrogen and oxygen atoms in total. The van der Waals surface area contributed by atoms with Crippen LogP contribution in [0.3, 0.4) is 0 Å². The van der Waals surface area contributed by atoms with Gasteiger partial charge in [0.15, 0.2) is 0 Å². The number of sulfonamides is 1. The van der Waals surface area contributed by atoms with E-state index in [9.17, 15) is 8.42 Å². The van der Waals surface area contributed by atoms with Gasteiger partial charge in [0.2, 0.25) is 10.0 Å². The summed E-state index contributed by atoms with van der Waals surface area (Å²) < 4.78 is 33.5. The summed E-state index contributed by atoms with van der Waals surface area (Å²) in [5.41, 5.74) is 3.11. The number of benzene rings is 1. The van der Waals surface area contributed by atoms with Gasteiger partial charge in [-0.1, -0.05) is 17.7 Å². The van der Waals surface area contributed by atoms with Gasteiger partial charge in [-0.3, -0.25) is 0 Å². The molecule has 28 heavy (non-hydrogen) atoms. The van der Waals surface area contributed by atoms with Crippen molar-refractivity contribution in [2.24, 2.45) is 0 Å². The van der Waals surface area contributed by atoms with Crippen LogP contribution in [0.5, 0.6) is 0 Å². The zero-order chi connectivity index (χ0) is 19.7. The lowest BCUT2D eigenvalue weighted by atomic mass is 10.1. The molecule has 0 N–H and O–H groups in total. The minimum absolute atomic E-state index is 0.156. The maximum atomic E-state index is 13.2. The molecule has 1 aromatic heterocycles. The molecule has 2 aliphatic rings. The molecule has 2 aromatic rings. The van der Waals surface area contributed by atoms with Crippen molar-refractivity contribution in [2.45, 2.75) is 37.6 Å². The predicted octanol–water partition coefficient (Wildman–Crippen LogP) is 3.06. The second-order valence-corrected chi connectivity index (χ2v) is 9.49. The summed E-state index contributed by atoms with van der Waals surface area (Å²) in [6.45, 7) is 7.66. The van der Waals surface area contributed by atoms with Gasteiger partial charge in [0.25, 0.3) is 0 Å². The third-order valence-electron chi connectivity index (χ3n) is 5.60. The predicted molar refractivity (Wildman–Crippen MR) is 109 cm³/mol. The SMILES string of the molecule is Cc1ccc(S(=O)(=O)N2CCC[C@H]2c2cnc(N3CCOCC3)c(C)c2)cc1. The van der Waals surface area contributed by atoms with E-state index >= 15 is 0 Å². The number of ether oxygens (including phenoxy) is 1. The summed E-state index contributed by atoms with van der Waals surface area (Å²) >= 11 is 0. The van der Waals surface area contributed by atoms with Gasteiger partial charge >= 0.3 is 0 Å². The fraction of sp³-hybridized carbons (Fsp3) is 0.476. The molecular formula is C21H27N3O3S.